The highest BCUT2D eigenvalue weighted by atomic mass is 16.6. The van der Waals surface area contributed by atoms with Crippen molar-refractivity contribution in [3.8, 4) is 0 Å². The molecule has 0 bridgehead atoms. The summed E-state index contributed by atoms with van der Waals surface area (Å²) in [4.78, 5) is 26.8. The second-order valence-corrected chi connectivity index (χ2v) is 5.90. The molecule has 2 aliphatic rings. The second-order valence-electron chi connectivity index (χ2n) is 5.90. The van der Waals surface area contributed by atoms with Crippen LogP contribution in [-0.2, 0) is 4.79 Å². The van der Waals surface area contributed by atoms with E-state index in [-0.39, 0.29) is 30.2 Å². The van der Waals surface area contributed by atoms with Gasteiger partial charge in [-0.2, -0.15) is 0 Å². The third-order valence-corrected chi connectivity index (χ3v) is 4.55. The molecule has 0 saturated carbocycles. The van der Waals surface area contributed by atoms with Crippen LogP contribution in [0, 0.1) is 16.0 Å². The van der Waals surface area contributed by atoms with Crippen LogP contribution in [0.2, 0.25) is 0 Å². The molecule has 2 aliphatic heterocycles. The average Bonchev–Trinajstić information content (AvgIpc) is 3.13. The van der Waals surface area contributed by atoms with Crippen LogP contribution in [0.15, 0.2) is 24.3 Å². The maximum absolute atomic E-state index is 12.6. The molecule has 118 valence electrons. The van der Waals surface area contributed by atoms with Crippen molar-refractivity contribution < 1.29 is 14.8 Å². The molecular formula is C15H19N3O4. The Morgan fingerprint density at radius 2 is 2.14 bits per heavy atom. The number of benzene rings is 1. The van der Waals surface area contributed by atoms with Gasteiger partial charge in [0, 0.05) is 31.8 Å². The summed E-state index contributed by atoms with van der Waals surface area (Å²) in [7, 11) is 0. The molecule has 0 spiro atoms. The molecule has 1 N–H and O–H groups in total. The first-order valence-corrected chi connectivity index (χ1v) is 7.51. The number of nitro benzene ring substituents is 1. The molecule has 2 atom stereocenters. The van der Waals surface area contributed by atoms with Crippen LogP contribution in [0.25, 0.3) is 0 Å². The molecule has 7 nitrogen and oxygen atoms in total. The lowest BCUT2D eigenvalue weighted by Gasteiger charge is -2.23. The molecule has 1 amide bonds. The predicted octanol–water partition coefficient (Wildman–Crippen LogP) is 1.01. The number of carbonyl (C=O) groups is 1. The summed E-state index contributed by atoms with van der Waals surface area (Å²) in [5, 5.41) is 20.1. The summed E-state index contributed by atoms with van der Waals surface area (Å²) in [6.45, 7) is 2.30. The van der Waals surface area contributed by atoms with E-state index in [0.717, 1.165) is 25.9 Å². The first-order chi connectivity index (χ1) is 10.6. The van der Waals surface area contributed by atoms with Gasteiger partial charge in [0.2, 0.25) is 5.91 Å². The van der Waals surface area contributed by atoms with E-state index in [9.17, 15) is 20.0 Å². The standard InChI is InChI=1S/C15H19N3O4/c19-10-11-4-6-16(9-11)14-5-7-17(15(14)20)12-2-1-3-13(8-12)18(21)22/h1-3,8,11,14,19H,4-7,9-10H2. The molecule has 0 radical (unpaired) electrons. The van der Waals surface area contributed by atoms with Crippen molar-refractivity contribution in [1.82, 2.24) is 4.90 Å². The van der Waals surface area contributed by atoms with Gasteiger partial charge in [-0.15, -0.1) is 0 Å². The van der Waals surface area contributed by atoms with Gasteiger partial charge in [0.05, 0.1) is 16.7 Å². The Morgan fingerprint density at radius 3 is 2.82 bits per heavy atom. The van der Waals surface area contributed by atoms with Crippen LogP contribution in [0.4, 0.5) is 11.4 Å². The summed E-state index contributed by atoms with van der Waals surface area (Å²) in [6.07, 6.45) is 1.64. The smallest absolute Gasteiger partial charge is 0.271 e. The van der Waals surface area contributed by atoms with Gasteiger partial charge >= 0.3 is 0 Å². The predicted molar refractivity (Wildman–Crippen MR) is 80.6 cm³/mol. The second kappa shape index (κ2) is 6.02. The number of hydrogen-bond acceptors (Lipinski definition) is 5. The highest BCUT2D eigenvalue weighted by Crippen LogP contribution is 2.29. The van der Waals surface area contributed by atoms with E-state index < -0.39 is 4.92 Å². The maximum atomic E-state index is 12.6. The highest BCUT2D eigenvalue weighted by Gasteiger charge is 2.39. The number of rotatable bonds is 4. The number of aliphatic hydroxyl groups excluding tert-OH is 1. The van der Waals surface area contributed by atoms with Gasteiger partial charge in [0.25, 0.3) is 5.69 Å². The Morgan fingerprint density at radius 1 is 1.32 bits per heavy atom. The van der Waals surface area contributed by atoms with E-state index in [2.05, 4.69) is 4.90 Å². The SMILES string of the molecule is O=C1C(N2CCC(CO)C2)CCN1c1cccc([N+](=O)[O-])c1. The number of likely N-dealkylation sites (tertiary alicyclic amines) is 1. The normalized spacial score (nSPS) is 25.9. The molecule has 2 heterocycles. The summed E-state index contributed by atoms with van der Waals surface area (Å²) in [6, 6.07) is 6.03. The first kappa shape index (κ1) is 14.9. The van der Waals surface area contributed by atoms with Gasteiger partial charge in [-0.05, 0) is 31.4 Å². The Kier molecular flexibility index (Phi) is 4.08. The molecule has 1 aromatic rings. The van der Waals surface area contributed by atoms with Crippen LogP contribution in [0.1, 0.15) is 12.8 Å². The molecule has 0 aromatic heterocycles. The molecule has 7 heteroatoms. The molecule has 1 aromatic carbocycles. The number of non-ortho nitro benzene ring substituents is 1. The summed E-state index contributed by atoms with van der Waals surface area (Å²) in [5.41, 5.74) is 0.579. The van der Waals surface area contributed by atoms with Crippen LogP contribution < -0.4 is 4.90 Å². The minimum absolute atomic E-state index is 0.000845. The van der Waals surface area contributed by atoms with Crippen LogP contribution in [-0.4, -0.2) is 53.1 Å². The molecular weight excluding hydrogens is 286 g/mol. The molecule has 2 fully saturated rings. The van der Waals surface area contributed by atoms with Crippen LogP contribution in [0.5, 0.6) is 0 Å². The third kappa shape index (κ3) is 2.69. The van der Waals surface area contributed by atoms with Crippen molar-refractivity contribution in [3.63, 3.8) is 0 Å². The van der Waals surface area contributed by atoms with Crippen molar-refractivity contribution in [3.05, 3.63) is 34.4 Å². The van der Waals surface area contributed by atoms with Crippen molar-refractivity contribution >= 4 is 17.3 Å². The Labute approximate surface area is 128 Å². The Balaban J connectivity index is 1.74. The minimum atomic E-state index is -0.451. The van der Waals surface area contributed by atoms with E-state index in [1.807, 2.05) is 0 Å². The van der Waals surface area contributed by atoms with E-state index in [1.54, 1.807) is 17.0 Å². The number of amides is 1. The molecule has 2 saturated heterocycles. The average molecular weight is 305 g/mol. The molecule has 3 rings (SSSR count). The van der Waals surface area contributed by atoms with Gasteiger partial charge in [0.1, 0.15) is 0 Å². The van der Waals surface area contributed by atoms with E-state index >= 15 is 0 Å². The highest BCUT2D eigenvalue weighted by molar-refractivity contribution is 5.99. The van der Waals surface area contributed by atoms with E-state index in [0.29, 0.717) is 12.2 Å². The molecule has 22 heavy (non-hydrogen) atoms. The maximum Gasteiger partial charge on any atom is 0.271 e. The minimum Gasteiger partial charge on any atom is -0.396 e. The van der Waals surface area contributed by atoms with Gasteiger partial charge in [-0.25, -0.2) is 0 Å². The summed E-state index contributed by atoms with van der Waals surface area (Å²) >= 11 is 0. The van der Waals surface area contributed by atoms with E-state index in [1.165, 1.54) is 12.1 Å². The molecule has 2 unspecified atom stereocenters. The zero-order valence-electron chi connectivity index (χ0n) is 12.2. The first-order valence-electron chi connectivity index (χ1n) is 7.51. The number of hydrogen-bond donors (Lipinski definition) is 1. The number of anilines is 1. The fraction of sp³-hybridized carbons (Fsp3) is 0.533. The van der Waals surface area contributed by atoms with Crippen molar-refractivity contribution in [2.24, 2.45) is 5.92 Å². The third-order valence-electron chi connectivity index (χ3n) is 4.55. The Hall–Kier alpha value is -1.99. The fourth-order valence-corrected chi connectivity index (χ4v) is 3.33. The lowest BCUT2D eigenvalue weighted by Crippen LogP contribution is -2.40. The molecule has 0 aliphatic carbocycles. The monoisotopic (exact) mass is 305 g/mol. The quantitative estimate of drug-likeness (QED) is 0.663. The van der Waals surface area contributed by atoms with E-state index in [4.69, 9.17) is 0 Å². The summed E-state index contributed by atoms with van der Waals surface area (Å²) < 4.78 is 0. The largest absolute Gasteiger partial charge is 0.396 e. The summed E-state index contributed by atoms with van der Waals surface area (Å²) in [5.74, 6) is 0.249. The number of nitrogens with zero attached hydrogens (tertiary/aromatic N) is 3. The van der Waals surface area contributed by atoms with Crippen molar-refractivity contribution in [2.75, 3.05) is 31.1 Å². The zero-order valence-corrected chi connectivity index (χ0v) is 12.2. The lowest BCUT2D eigenvalue weighted by molar-refractivity contribution is -0.384. The van der Waals surface area contributed by atoms with Crippen molar-refractivity contribution in [2.45, 2.75) is 18.9 Å². The lowest BCUT2D eigenvalue weighted by atomic mass is 10.1. The van der Waals surface area contributed by atoms with Gasteiger partial charge in [0.15, 0.2) is 0 Å². The fourth-order valence-electron chi connectivity index (χ4n) is 3.33. The number of aliphatic hydroxyl groups is 1. The van der Waals surface area contributed by atoms with Crippen molar-refractivity contribution in [1.29, 1.82) is 0 Å². The number of carbonyl (C=O) groups excluding carboxylic acids is 1. The topological polar surface area (TPSA) is 86.9 Å². The Bertz CT molecular complexity index is 592. The van der Waals surface area contributed by atoms with Crippen LogP contribution in [0.3, 0.4) is 0 Å². The zero-order chi connectivity index (χ0) is 15.7. The van der Waals surface area contributed by atoms with Gasteiger partial charge < -0.3 is 10.0 Å². The van der Waals surface area contributed by atoms with Gasteiger partial charge in [-0.3, -0.25) is 19.8 Å². The number of nitro groups is 1. The van der Waals surface area contributed by atoms with Gasteiger partial charge in [-0.1, -0.05) is 6.07 Å². The van der Waals surface area contributed by atoms with Crippen LogP contribution >= 0.6 is 0 Å².